The highest BCUT2D eigenvalue weighted by Crippen LogP contribution is 2.28. The van der Waals surface area contributed by atoms with Gasteiger partial charge in [0.2, 0.25) is 15.9 Å². The average Bonchev–Trinajstić information content (AvgIpc) is 2.67. The summed E-state index contributed by atoms with van der Waals surface area (Å²) in [5, 5.41) is 3.15. The Labute approximate surface area is 176 Å². The highest BCUT2D eigenvalue weighted by molar-refractivity contribution is 7.92. The van der Waals surface area contributed by atoms with Gasteiger partial charge in [-0.1, -0.05) is 23.7 Å². The molecule has 0 bridgehead atoms. The lowest BCUT2D eigenvalue weighted by atomic mass is 10.1. The van der Waals surface area contributed by atoms with Crippen molar-refractivity contribution < 1.29 is 22.7 Å². The van der Waals surface area contributed by atoms with Crippen molar-refractivity contribution in [3.63, 3.8) is 0 Å². The number of benzene rings is 2. The van der Waals surface area contributed by atoms with E-state index in [9.17, 15) is 13.2 Å². The number of anilines is 1. The molecule has 0 unspecified atom stereocenters. The third-order valence-corrected chi connectivity index (χ3v) is 5.67. The van der Waals surface area contributed by atoms with E-state index in [1.54, 1.807) is 39.3 Å². The van der Waals surface area contributed by atoms with Crippen LogP contribution >= 0.6 is 11.6 Å². The first-order chi connectivity index (χ1) is 13.7. The summed E-state index contributed by atoms with van der Waals surface area (Å²) in [6, 6.07) is 10.4. The highest BCUT2D eigenvalue weighted by Gasteiger charge is 2.22. The third kappa shape index (κ3) is 6.27. The van der Waals surface area contributed by atoms with E-state index < -0.39 is 15.9 Å². The number of nitrogens with zero attached hydrogens (tertiary/aromatic N) is 1. The Kier molecular flexibility index (Phi) is 7.75. The second-order valence-corrected chi connectivity index (χ2v) is 8.83. The van der Waals surface area contributed by atoms with Crippen molar-refractivity contribution in [3.05, 3.63) is 52.5 Å². The number of nitrogens with one attached hydrogen (secondary N) is 1. The zero-order valence-corrected chi connectivity index (χ0v) is 18.4. The lowest BCUT2D eigenvalue weighted by molar-refractivity contribution is -0.119. The molecule has 0 saturated carbocycles. The lowest BCUT2D eigenvalue weighted by Gasteiger charge is -2.23. The Morgan fingerprint density at radius 2 is 1.79 bits per heavy atom. The molecule has 1 amide bonds. The third-order valence-electron chi connectivity index (χ3n) is 4.31. The molecule has 0 spiro atoms. The molecule has 2 rings (SSSR count). The van der Waals surface area contributed by atoms with Gasteiger partial charge in [-0.25, -0.2) is 8.42 Å². The van der Waals surface area contributed by atoms with Gasteiger partial charge in [-0.05, 0) is 48.7 Å². The monoisotopic (exact) mass is 440 g/mol. The van der Waals surface area contributed by atoms with Gasteiger partial charge in [-0.2, -0.15) is 0 Å². The maximum atomic E-state index is 12.4. The summed E-state index contributed by atoms with van der Waals surface area (Å²) in [7, 11) is -0.544. The molecule has 0 aliphatic heterocycles. The summed E-state index contributed by atoms with van der Waals surface area (Å²) in [6.45, 7) is 1.78. The number of rotatable bonds is 9. The Morgan fingerprint density at radius 3 is 2.41 bits per heavy atom. The van der Waals surface area contributed by atoms with E-state index in [-0.39, 0.29) is 6.54 Å². The minimum atomic E-state index is -3.66. The van der Waals surface area contributed by atoms with Crippen LogP contribution in [0.3, 0.4) is 0 Å². The normalized spacial score (nSPS) is 11.1. The van der Waals surface area contributed by atoms with Crippen molar-refractivity contribution in [2.24, 2.45) is 0 Å². The van der Waals surface area contributed by atoms with Gasteiger partial charge >= 0.3 is 0 Å². The first-order valence-corrected chi connectivity index (χ1v) is 11.1. The van der Waals surface area contributed by atoms with Gasteiger partial charge in [0.25, 0.3) is 0 Å². The van der Waals surface area contributed by atoms with Crippen molar-refractivity contribution >= 4 is 33.2 Å². The van der Waals surface area contributed by atoms with Crippen LogP contribution in [0.4, 0.5) is 5.69 Å². The van der Waals surface area contributed by atoms with Gasteiger partial charge in [-0.3, -0.25) is 9.10 Å². The number of halogens is 1. The topological polar surface area (TPSA) is 84.9 Å². The molecule has 0 fully saturated rings. The number of methoxy groups -OCH3 is 2. The van der Waals surface area contributed by atoms with Crippen molar-refractivity contribution in [3.8, 4) is 11.5 Å². The maximum absolute atomic E-state index is 12.4. The van der Waals surface area contributed by atoms with Gasteiger partial charge in [0.1, 0.15) is 6.54 Å². The first kappa shape index (κ1) is 22.8. The van der Waals surface area contributed by atoms with E-state index >= 15 is 0 Å². The van der Waals surface area contributed by atoms with Crippen LogP contribution < -0.4 is 19.1 Å². The van der Waals surface area contributed by atoms with Crippen LogP contribution in [-0.2, 0) is 21.2 Å². The van der Waals surface area contributed by atoms with E-state index in [4.69, 9.17) is 21.1 Å². The van der Waals surface area contributed by atoms with Crippen LogP contribution in [-0.4, -0.2) is 47.9 Å². The molecule has 2 aromatic carbocycles. The van der Waals surface area contributed by atoms with Crippen molar-refractivity contribution in [1.82, 2.24) is 5.32 Å². The second-order valence-electron chi connectivity index (χ2n) is 6.49. The first-order valence-electron chi connectivity index (χ1n) is 8.87. The van der Waals surface area contributed by atoms with E-state index in [1.807, 2.05) is 12.1 Å². The number of aryl methyl sites for hydroxylation is 1. The number of hydrogen-bond acceptors (Lipinski definition) is 5. The van der Waals surface area contributed by atoms with E-state index in [2.05, 4.69) is 5.32 Å². The molecule has 1 N–H and O–H groups in total. The van der Waals surface area contributed by atoms with Crippen LogP contribution in [0.15, 0.2) is 36.4 Å². The number of ether oxygens (including phenoxy) is 2. The fraction of sp³-hybridized carbons (Fsp3) is 0.350. The summed E-state index contributed by atoms with van der Waals surface area (Å²) in [5.74, 6) is 0.826. The molecule has 0 heterocycles. The van der Waals surface area contributed by atoms with Crippen LogP contribution in [0.2, 0.25) is 5.02 Å². The SMILES string of the molecule is COc1ccc(CCNC(=O)CN(c2cc(Cl)ccc2C)S(C)(=O)=O)cc1OC. The standard InChI is InChI=1S/C20H25ClN2O5S/c1-14-5-7-16(21)12-17(14)23(29(4,25)26)13-20(24)22-10-9-15-6-8-18(27-2)19(11-15)28-3/h5-8,11-12H,9-10,13H2,1-4H3,(H,22,24). The molecule has 0 aliphatic carbocycles. The van der Waals surface area contributed by atoms with Crippen LogP contribution in [0.25, 0.3) is 0 Å². The molecule has 0 saturated heterocycles. The number of carbonyl (C=O) groups is 1. The second kappa shape index (κ2) is 9.84. The molecule has 158 valence electrons. The fourth-order valence-corrected chi connectivity index (χ4v) is 3.87. The van der Waals surface area contributed by atoms with Crippen molar-refractivity contribution in [1.29, 1.82) is 0 Å². The molecule has 29 heavy (non-hydrogen) atoms. The minimum absolute atomic E-state index is 0.327. The van der Waals surface area contributed by atoms with Gasteiger partial charge in [0.15, 0.2) is 11.5 Å². The minimum Gasteiger partial charge on any atom is -0.493 e. The van der Waals surface area contributed by atoms with E-state index in [0.29, 0.717) is 40.7 Å². The van der Waals surface area contributed by atoms with Crippen LogP contribution in [0.1, 0.15) is 11.1 Å². The molecule has 7 nitrogen and oxygen atoms in total. The molecule has 0 radical (unpaired) electrons. The van der Waals surface area contributed by atoms with Crippen molar-refractivity contribution in [2.45, 2.75) is 13.3 Å². The highest BCUT2D eigenvalue weighted by atomic mass is 35.5. The Balaban J connectivity index is 2.03. The predicted octanol–water partition coefficient (Wildman–Crippen LogP) is 2.79. The lowest BCUT2D eigenvalue weighted by Crippen LogP contribution is -2.41. The summed E-state index contributed by atoms with van der Waals surface area (Å²) >= 11 is 6.00. The molecule has 0 aliphatic rings. The average molecular weight is 441 g/mol. The zero-order chi connectivity index (χ0) is 21.6. The van der Waals surface area contributed by atoms with E-state index in [0.717, 1.165) is 16.1 Å². The maximum Gasteiger partial charge on any atom is 0.240 e. The number of sulfonamides is 1. The summed E-state index contributed by atoms with van der Waals surface area (Å²) in [4.78, 5) is 12.4. The van der Waals surface area contributed by atoms with Gasteiger partial charge in [0, 0.05) is 11.6 Å². The van der Waals surface area contributed by atoms with Crippen LogP contribution in [0, 0.1) is 6.92 Å². The Bertz CT molecular complexity index is 979. The molecule has 0 aromatic heterocycles. The molecule has 9 heteroatoms. The zero-order valence-electron chi connectivity index (χ0n) is 16.9. The summed E-state index contributed by atoms with van der Waals surface area (Å²) < 4.78 is 36.0. The van der Waals surface area contributed by atoms with Gasteiger partial charge < -0.3 is 14.8 Å². The smallest absolute Gasteiger partial charge is 0.240 e. The van der Waals surface area contributed by atoms with Gasteiger partial charge in [0.05, 0.1) is 26.2 Å². The molecule has 0 atom stereocenters. The number of carbonyl (C=O) groups excluding carboxylic acids is 1. The number of amides is 1. The fourth-order valence-electron chi connectivity index (χ4n) is 2.80. The predicted molar refractivity (Wildman–Crippen MR) is 115 cm³/mol. The summed E-state index contributed by atoms with van der Waals surface area (Å²) in [5.41, 5.74) is 2.04. The number of hydrogen-bond donors (Lipinski definition) is 1. The molecular formula is C20H25ClN2O5S. The van der Waals surface area contributed by atoms with Gasteiger partial charge in [-0.15, -0.1) is 0 Å². The quantitative estimate of drug-likeness (QED) is 0.648. The Morgan fingerprint density at radius 1 is 1.10 bits per heavy atom. The Hall–Kier alpha value is -2.45. The summed E-state index contributed by atoms with van der Waals surface area (Å²) in [6.07, 6.45) is 1.62. The molecule has 2 aromatic rings. The van der Waals surface area contributed by atoms with Crippen molar-refractivity contribution in [2.75, 3.05) is 37.9 Å². The van der Waals surface area contributed by atoms with Crippen LogP contribution in [0.5, 0.6) is 11.5 Å². The molecular weight excluding hydrogens is 416 g/mol. The van der Waals surface area contributed by atoms with E-state index in [1.165, 1.54) is 6.07 Å². The largest absolute Gasteiger partial charge is 0.493 e.